The molecule has 2 aromatic carbocycles. The zero-order valence-corrected chi connectivity index (χ0v) is 18.3. The van der Waals surface area contributed by atoms with Crippen molar-refractivity contribution in [2.24, 2.45) is 5.41 Å². The van der Waals surface area contributed by atoms with Crippen molar-refractivity contribution in [1.29, 1.82) is 0 Å². The van der Waals surface area contributed by atoms with Crippen LogP contribution in [-0.2, 0) is 17.6 Å². The van der Waals surface area contributed by atoms with Gasteiger partial charge in [0.05, 0.1) is 26.2 Å². The van der Waals surface area contributed by atoms with Crippen molar-refractivity contribution in [3.63, 3.8) is 0 Å². The average Bonchev–Trinajstić information content (AvgIpc) is 3.20. The van der Waals surface area contributed by atoms with E-state index < -0.39 is 5.41 Å². The van der Waals surface area contributed by atoms with E-state index in [2.05, 4.69) is 54.5 Å². The number of nitrogens with zero attached hydrogens (tertiary/aromatic N) is 2. The number of benzene rings is 2. The number of amides is 1. The summed E-state index contributed by atoms with van der Waals surface area (Å²) in [6, 6.07) is 18.4. The van der Waals surface area contributed by atoms with Gasteiger partial charge in [0, 0.05) is 24.5 Å². The number of hydrogen-bond donors (Lipinski definition) is 1. The van der Waals surface area contributed by atoms with E-state index in [1.54, 1.807) is 11.3 Å². The fourth-order valence-corrected chi connectivity index (χ4v) is 5.16. The molecule has 0 bridgehead atoms. The molecule has 0 atom stereocenters. The van der Waals surface area contributed by atoms with Gasteiger partial charge in [0.25, 0.3) is 0 Å². The molecule has 0 aliphatic rings. The van der Waals surface area contributed by atoms with Crippen LogP contribution in [0.3, 0.4) is 0 Å². The topological polar surface area (TPSA) is 54.9 Å². The van der Waals surface area contributed by atoms with E-state index in [-0.39, 0.29) is 5.91 Å². The third-order valence-electron chi connectivity index (χ3n) is 6.06. The predicted molar refractivity (Wildman–Crippen MR) is 125 cm³/mol. The summed E-state index contributed by atoms with van der Waals surface area (Å²) in [7, 11) is 0. The minimum atomic E-state index is -0.426. The highest BCUT2D eigenvalue weighted by molar-refractivity contribution is 7.18. The Labute approximate surface area is 181 Å². The van der Waals surface area contributed by atoms with Crippen molar-refractivity contribution in [2.75, 3.05) is 6.54 Å². The minimum absolute atomic E-state index is 0.125. The van der Waals surface area contributed by atoms with Crippen LogP contribution in [0.5, 0.6) is 0 Å². The molecule has 4 aromatic rings. The van der Waals surface area contributed by atoms with Gasteiger partial charge in [0.1, 0.15) is 0 Å². The molecule has 1 N–H and O–H groups in total. The fourth-order valence-electron chi connectivity index (χ4n) is 4.05. The second-order valence-corrected chi connectivity index (χ2v) is 8.85. The van der Waals surface area contributed by atoms with E-state index in [4.69, 9.17) is 4.98 Å². The molecule has 0 unspecified atom stereocenters. The molecule has 0 spiro atoms. The molecular formula is C25H27N3OS. The standard InChI is InChI=1S/C25H27N3OS/c1-3-25(4-2,17-22-28-20-12-5-6-13-21(20)30-22)24(29)27-16-14-19-10-7-9-18-11-8-15-26-23(18)19/h5-13,15H,3-4,14,16-17H2,1-2H3,(H,27,29). The van der Waals surface area contributed by atoms with Crippen molar-refractivity contribution < 1.29 is 4.79 Å². The Morgan fingerprint density at radius 3 is 2.63 bits per heavy atom. The van der Waals surface area contributed by atoms with Crippen molar-refractivity contribution in [1.82, 2.24) is 15.3 Å². The molecule has 0 radical (unpaired) electrons. The lowest BCUT2D eigenvalue weighted by Crippen LogP contribution is -2.42. The van der Waals surface area contributed by atoms with Gasteiger partial charge in [-0.25, -0.2) is 4.98 Å². The molecule has 1 amide bonds. The van der Waals surface area contributed by atoms with Gasteiger partial charge in [-0.2, -0.15) is 0 Å². The number of carbonyl (C=O) groups is 1. The summed E-state index contributed by atoms with van der Waals surface area (Å²) >= 11 is 1.70. The Morgan fingerprint density at radius 1 is 1.03 bits per heavy atom. The number of carbonyl (C=O) groups excluding carboxylic acids is 1. The molecule has 4 rings (SSSR count). The summed E-state index contributed by atoms with van der Waals surface area (Å²) < 4.78 is 1.18. The molecule has 0 aliphatic carbocycles. The number of fused-ring (bicyclic) bond motifs is 2. The first kappa shape index (κ1) is 20.5. The first-order valence-corrected chi connectivity index (χ1v) is 11.4. The highest BCUT2D eigenvalue weighted by Crippen LogP contribution is 2.34. The third-order valence-corrected chi connectivity index (χ3v) is 7.10. The third kappa shape index (κ3) is 4.08. The minimum Gasteiger partial charge on any atom is -0.355 e. The molecule has 154 valence electrons. The summed E-state index contributed by atoms with van der Waals surface area (Å²) in [6.45, 7) is 4.81. The smallest absolute Gasteiger partial charge is 0.226 e. The van der Waals surface area contributed by atoms with Crippen LogP contribution in [0.1, 0.15) is 37.3 Å². The molecule has 2 heterocycles. The van der Waals surface area contributed by atoms with Gasteiger partial charge in [-0.3, -0.25) is 9.78 Å². The monoisotopic (exact) mass is 417 g/mol. The zero-order valence-electron chi connectivity index (χ0n) is 17.5. The summed E-state index contributed by atoms with van der Waals surface area (Å²) in [4.78, 5) is 22.5. The molecule has 4 nitrogen and oxygen atoms in total. The highest BCUT2D eigenvalue weighted by atomic mass is 32.1. The summed E-state index contributed by atoms with van der Waals surface area (Å²) in [5.74, 6) is 0.125. The summed E-state index contributed by atoms with van der Waals surface area (Å²) in [5.41, 5.74) is 2.77. The average molecular weight is 418 g/mol. The van der Waals surface area contributed by atoms with Gasteiger partial charge < -0.3 is 5.32 Å². The largest absolute Gasteiger partial charge is 0.355 e. The Kier molecular flexibility index (Phi) is 6.09. The SMILES string of the molecule is CCC(CC)(Cc1nc2ccccc2s1)C(=O)NCCc1cccc2cccnc12. The van der Waals surface area contributed by atoms with Crippen LogP contribution in [0.2, 0.25) is 0 Å². The van der Waals surface area contributed by atoms with E-state index in [0.717, 1.165) is 46.3 Å². The van der Waals surface area contributed by atoms with E-state index in [0.29, 0.717) is 13.0 Å². The molecular weight excluding hydrogens is 390 g/mol. The van der Waals surface area contributed by atoms with E-state index in [9.17, 15) is 4.79 Å². The van der Waals surface area contributed by atoms with Gasteiger partial charge in [0.2, 0.25) is 5.91 Å². The molecule has 5 heteroatoms. The number of hydrogen-bond acceptors (Lipinski definition) is 4. The number of rotatable bonds is 8. The number of thiazole rings is 1. The van der Waals surface area contributed by atoms with Crippen LogP contribution in [-0.4, -0.2) is 22.4 Å². The molecule has 0 saturated heterocycles. The lowest BCUT2D eigenvalue weighted by Gasteiger charge is -2.29. The summed E-state index contributed by atoms with van der Waals surface area (Å²) in [5, 5.41) is 5.37. The second-order valence-electron chi connectivity index (χ2n) is 7.74. The Morgan fingerprint density at radius 2 is 1.83 bits per heavy atom. The summed E-state index contributed by atoms with van der Waals surface area (Å²) in [6.07, 6.45) is 4.86. The van der Waals surface area contributed by atoms with Crippen LogP contribution in [0, 0.1) is 5.41 Å². The number of aromatic nitrogens is 2. The normalized spacial score (nSPS) is 11.8. The van der Waals surface area contributed by atoms with Gasteiger partial charge in [-0.15, -0.1) is 11.3 Å². The maximum absolute atomic E-state index is 13.3. The van der Waals surface area contributed by atoms with Crippen LogP contribution in [0.25, 0.3) is 21.1 Å². The Bertz CT molecular complexity index is 1120. The van der Waals surface area contributed by atoms with E-state index in [1.165, 1.54) is 4.70 Å². The van der Waals surface area contributed by atoms with Crippen LogP contribution >= 0.6 is 11.3 Å². The van der Waals surface area contributed by atoms with Crippen molar-refractivity contribution in [2.45, 2.75) is 39.5 Å². The van der Waals surface area contributed by atoms with Crippen LogP contribution < -0.4 is 5.32 Å². The number of pyridine rings is 1. The van der Waals surface area contributed by atoms with Crippen molar-refractivity contribution >= 4 is 38.4 Å². The molecule has 30 heavy (non-hydrogen) atoms. The Balaban J connectivity index is 1.46. The Hall–Kier alpha value is -2.79. The van der Waals surface area contributed by atoms with Crippen molar-refractivity contribution in [3.05, 3.63) is 71.4 Å². The predicted octanol–water partition coefficient (Wildman–Crippen LogP) is 5.55. The fraction of sp³-hybridized carbons (Fsp3) is 0.320. The quantitative estimate of drug-likeness (QED) is 0.409. The maximum atomic E-state index is 13.3. The van der Waals surface area contributed by atoms with Gasteiger partial charge in [-0.05, 0) is 43.0 Å². The first-order chi connectivity index (χ1) is 14.6. The number of nitrogens with one attached hydrogen (secondary N) is 1. The van der Waals surface area contributed by atoms with Gasteiger partial charge in [-0.1, -0.05) is 50.2 Å². The highest BCUT2D eigenvalue weighted by Gasteiger charge is 2.35. The lowest BCUT2D eigenvalue weighted by molar-refractivity contribution is -0.131. The van der Waals surface area contributed by atoms with E-state index in [1.807, 2.05) is 30.5 Å². The van der Waals surface area contributed by atoms with Crippen LogP contribution in [0.4, 0.5) is 0 Å². The molecule has 2 aromatic heterocycles. The lowest BCUT2D eigenvalue weighted by atomic mass is 9.78. The molecule has 0 aliphatic heterocycles. The van der Waals surface area contributed by atoms with Gasteiger partial charge >= 0.3 is 0 Å². The maximum Gasteiger partial charge on any atom is 0.226 e. The second kappa shape index (κ2) is 8.92. The zero-order chi connectivity index (χ0) is 21.0. The van der Waals surface area contributed by atoms with E-state index >= 15 is 0 Å². The first-order valence-electron chi connectivity index (χ1n) is 10.6. The number of para-hydroxylation sites is 2. The van der Waals surface area contributed by atoms with Crippen molar-refractivity contribution in [3.8, 4) is 0 Å². The molecule has 0 saturated carbocycles. The van der Waals surface area contributed by atoms with Gasteiger partial charge in [0.15, 0.2) is 0 Å². The molecule has 0 fully saturated rings. The van der Waals surface area contributed by atoms with Crippen LogP contribution in [0.15, 0.2) is 60.8 Å².